The number of urea groups is 1. The fourth-order valence-corrected chi connectivity index (χ4v) is 4.46. The highest BCUT2D eigenvalue weighted by Crippen LogP contribution is 2.25. The van der Waals surface area contributed by atoms with Crippen LogP contribution in [0.1, 0.15) is 10.6 Å². The van der Waals surface area contributed by atoms with Crippen LogP contribution in [-0.2, 0) is 17.8 Å². The van der Waals surface area contributed by atoms with E-state index in [1.807, 2.05) is 54.7 Å². The molecule has 6 nitrogen and oxygen atoms in total. The van der Waals surface area contributed by atoms with Gasteiger partial charge in [0.1, 0.15) is 11.0 Å². The molecule has 3 amide bonds. The minimum atomic E-state index is -0.550. The Balaban J connectivity index is 1.36. The van der Waals surface area contributed by atoms with Crippen LogP contribution in [0.5, 0.6) is 0 Å². The van der Waals surface area contributed by atoms with Crippen molar-refractivity contribution in [1.82, 2.24) is 20.2 Å². The molecule has 0 unspecified atom stereocenters. The van der Waals surface area contributed by atoms with Gasteiger partial charge in [-0.15, -0.1) is 11.3 Å². The Hall–Kier alpha value is -3.19. The number of amides is 3. The van der Waals surface area contributed by atoms with Gasteiger partial charge in [0.25, 0.3) is 5.91 Å². The van der Waals surface area contributed by atoms with Gasteiger partial charge in [-0.1, -0.05) is 30.3 Å². The van der Waals surface area contributed by atoms with Crippen molar-refractivity contribution >= 4 is 44.4 Å². The number of fused-ring (bicyclic) bond motifs is 2. The van der Waals surface area contributed by atoms with Gasteiger partial charge in [-0.05, 0) is 23.8 Å². The lowest BCUT2D eigenvalue weighted by Gasteiger charge is -2.11. The number of nitrogens with zero attached hydrogens (tertiary/aromatic N) is 2. The summed E-state index contributed by atoms with van der Waals surface area (Å²) >= 11 is 1.51. The second-order valence-corrected chi connectivity index (χ2v) is 7.68. The van der Waals surface area contributed by atoms with Crippen LogP contribution >= 0.6 is 11.3 Å². The number of aromatic amines is 1. The average Bonchev–Trinajstić information content (AvgIpc) is 3.35. The van der Waals surface area contributed by atoms with Crippen LogP contribution in [0.15, 0.2) is 54.7 Å². The van der Waals surface area contributed by atoms with E-state index >= 15 is 0 Å². The Bertz CT molecular complexity index is 1150. The number of H-pyrrole nitrogens is 1. The van der Waals surface area contributed by atoms with Crippen molar-refractivity contribution in [1.29, 1.82) is 0 Å². The molecule has 4 aromatic rings. The summed E-state index contributed by atoms with van der Waals surface area (Å²) in [6, 6.07) is 14.8. The number of aromatic nitrogens is 2. The summed E-state index contributed by atoms with van der Waals surface area (Å²) < 4.78 is 1.05. The van der Waals surface area contributed by atoms with Crippen molar-refractivity contribution < 1.29 is 9.59 Å². The van der Waals surface area contributed by atoms with E-state index in [0.29, 0.717) is 6.42 Å². The number of imide groups is 1. The molecule has 0 aliphatic carbocycles. The number of nitrogens with one attached hydrogen (secondary N) is 2. The summed E-state index contributed by atoms with van der Waals surface area (Å²) in [6.45, 7) is 0.203. The van der Waals surface area contributed by atoms with Crippen molar-refractivity contribution in [2.75, 3.05) is 0 Å². The first kappa shape index (κ1) is 16.0. The van der Waals surface area contributed by atoms with Gasteiger partial charge in [-0.3, -0.25) is 9.69 Å². The van der Waals surface area contributed by atoms with Crippen LogP contribution in [-0.4, -0.2) is 32.8 Å². The molecule has 7 heteroatoms. The van der Waals surface area contributed by atoms with Crippen molar-refractivity contribution in [3.8, 4) is 0 Å². The highest BCUT2D eigenvalue weighted by atomic mass is 32.1. The molecule has 3 heterocycles. The van der Waals surface area contributed by atoms with E-state index < -0.39 is 6.04 Å². The summed E-state index contributed by atoms with van der Waals surface area (Å²) in [4.78, 5) is 34.2. The number of hydrogen-bond donors (Lipinski definition) is 2. The standard InChI is InChI=1S/C20H16N4O2S/c25-19-16(9-12-10-21-14-6-2-1-5-13(12)14)23-20(26)24(19)11-18-22-15-7-3-4-8-17(15)27-18/h1-8,10,16,21H,9,11H2,(H,23,26)/t16-/m0/s1. The molecule has 5 rings (SSSR count). The van der Waals surface area contributed by atoms with Crippen LogP contribution in [0.2, 0.25) is 0 Å². The normalized spacial score (nSPS) is 17.2. The van der Waals surface area contributed by atoms with E-state index in [1.165, 1.54) is 16.2 Å². The summed E-state index contributed by atoms with van der Waals surface area (Å²) in [6.07, 6.45) is 2.37. The van der Waals surface area contributed by atoms with Gasteiger partial charge in [0.15, 0.2) is 0 Å². The summed E-state index contributed by atoms with van der Waals surface area (Å²) in [5.41, 5.74) is 2.93. The first-order valence-corrected chi connectivity index (χ1v) is 9.52. The summed E-state index contributed by atoms with van der Waals surface area (Å²) in [5, 5.41) is 4.64. The molecule has 0 radical (unpaired) electrons. The molecule has 27 heavy (non-hydrogen) atoms. The summed E-state index contributed by atoms with van der Waals surface area (Å²) in [5.74, 6) is -0.204. The maximum Gasteiger partial charge on any atom is 0.325 e. The van der Waals surface area contributed by atoms with Gasteiger partial charge in [-0.2, -0.15) is 0 Å². The molecule has 0 bridgehead atoms. The second kappa shape index (κ2) is 6.21. The number of benzene rings is 2. The minimum absolute atomic E-state index is 0.203. The Labute approximate surface area is 158 Å². The van der Waals surface area contributed by atoms with Gasteiger partial charge >= 0.3 is 6.03 Å². The van der Waals surface area contributed by atoms with Gasteiger partial charge in [0.2, 0.25) is 0 Å². The monoisotopic (exact) mass is 376 g/mol. The van der Waals surface area contributed by atoms with Crippen LogP contribution in [0.3, 0.4) is 0 Å². The topological polar surface area (TPSA) is 78.1 Å². The van der Waals surface area contributed by atoms with Crippen molar-refractivity contribution in [3.63, 3.8) is 0 Å². The first-order chi connectivity index (χ1) is 13.2. The number of hydrogen-bond acceptors (Lipinski definition) is 4. The zero-order valence-corrected chi connectivity index (χ0v) is 15.1. The molecule has 1 aliphatic rings. The molecule has 2 aromatic carbocycles. The maximum atomic E-state index is 12.8. The first-order valence-electron chi connectivity index (χ1n) is 8.70. The molecule has 1 saturated heterocycles. The van der Waals surface area contributed by atoms with Gasteiger partial charge in [-0.25, -0.2) is 9.78 Å². The SMILES string of the molecule is O=C1N[C@@H](Cc2c[nH]c3ccccc23)C(=O)N1Cc1nc2ccccc2s1. The Morgan fingerprint density at radius 3 is 2.78 bits per heavy atom. The third kappa shape index (κ3) is 2.76. The predicted octanol–water partition coefficient (Wildman–Crippen LogP) is 3.44. The number of thiazole rings is 1. The zero-order valence-electron chi connectivity index (χ0n) is 14.3. The fraction of sp³-hybridized carbons (Fsp3) is 0.150. The van der Waals surface area contributed by atoms with E-state index in [-0.39, 0.29) is 18.5 Å². The number of carbonyl (C=O) groups is 2. The van der Waals surface area contributed by atoms with E-state index in [9.17, 15) is 9.59 Å². The van der Waals surface area contributed by atoms with Crippen LogP contribution in [0.25, 0.3) is 21.1 Å². The van der Waals surface area contributed by atoms with Crippen LogP contribution in [0, 0.1) is 0 Å². The van der Waals surface area contributed by atoms with Crippen molar-refractivity contribution in [3.05, 3.63) is 65.3 Å². The van der Waals surface area contributed by atoms with E-state index in [1.54, 1.807) is 0 Å². The lowest BCUT2D eigenvalue weighted by molar-refractivity contribution is -0.127. The molecule has 2 aromatic heterocycles. The quantitative estimate of drug-likeness (QED) is 0.536. The minimum Gasteiger partial charge on any atom is -0.361 e. The average molecular weight is 376 g/mol. The largest absolute Gasteiger partial charge is 0.361 e. The third-order valence-corrected chi connectivity index (χ3v) is 5.86. The zero-order chi connectivity index (χ0) is 18.4. The maximum absolute atomic E-state index is 12.8. The van der Waals surface area contributed by atoms with E-state index in [2.05, 4.69) is 15.3 Å². The molecule has 1 fully saturated rings. The van der Waals surface area contributed by atoms with E-state index in [4.69, 9.17) is 0 Å². The second-order valence-electron chi connectivity index (χ2n) is 6.57. The highest BCUT2D eigenvalue weighted by molar-refractivity contribution is 7.18. The third-order valence-electron chi connectivity index (χ3n) is 4.84. The van der Waals surface area contributed by atoms with Crippen LogP contribution in [0.4, 0.5) is 4.79 Å². The molecule has 0 spiro atoms. The van der Waals surface area contributed by atoms with Gasteiger partial charge in [0, 0.05) is 23.5 Å². The van der Waals surface area contributed by atoms with Crippen LogP contribution < -0.4 is 5.32 Å². The molecule has 0 saturated carbocycles. The lowest BCUT2D eigenvalue weighted by atomic mass is 10.1. The number of carbonyl (C=O) groups excluding carboxylic acids is 2. The van der Waals surface area contributed by atoms with Crippen molar-refractivity contribution in [2.24, 2.45) is 0 Å². The molecule has 1 atom stereocenters. The molecule has 134 valence electrons. The highest BCUT2D eigenvalue weighted by Gasteiger charge is 2.38. The molecule has 2 N–H and O–H groups in total. The van der Waals surface area contributed by atoms with Gasteiger partial charge in [0.05, 0.1) is 16.8 Å². The Morgan fingerprint density at radius 1 is 1.07 bits per heavy atom. The number of rotatable bonds is 4. The Morgan fingerprint density at radius 2 is 1.89 bits per heavy atom. The molecular formula is C20H16N4O2S. The summed E-state index contributed by atoms with van der Waals surface area (Å²) in [7, 11) is 0. The number of para-hydroxylation sites is 2. The van der Waals surface area contributed by atoms with Gasteiger partial charge < -0.3 is 10.3 Å². The predicted molar refractivity (Wildman–Crippen MR) is 104 cm³/mol. The van der Waals surface area contributed by atoms with E-state index in [0.717, 1.165) is 31.7 Å². The molecular weight excluding hydrogens is 360 g/mol. The molecule has 1 aliphatic heterocycles. The fourth-order valence-electron chi connectivity index (χ4n) is 3.51. The van der Waals surface area contributed by atoms with Crippen molar-refractivity contribution in [2.45, 2.75) is 19.0 Å². The lowest BCUT2D eigenvalue weighted by Crippen LogP contribution is -2.32. The Kier molecular flexibility index (Phi) is 3.68. The smallest absolute Gasteiger partial charge is 0.325 e.